The molecule has 5 nitrogen and oxygen atoms in total. The molecule has 1 aliphatic heterocycles. The van der Waals surface area contributed by atoms with E-state index in [9.17, 15) is 14.7 Å². The van der Waals surface area contributed by atoms with Crippen LogP contribution in [0.25, 0.3) is 0 Å². The van der Waals surface area contributed by atoms with Crippen molar-refractivity contribution >= 4 is 12.0 Å². The Morgan fingerprint density at radius 3 is 2.55 bits per heavy atom. The predicted molar refractivity (Wildman–Crippen MR) is 76.5 cm³/mol. The van der Waals surface area contributed by atoms with Gasteiger partial charge in [-0.25, -0.2) is 4.79 Å². The van der Waals surface area contributed by atoms with Gasteiger partial charge in [0.25, 0.3) is 0 Å². The molecule has 2 fully saturated rings. The second kappa shape index (κ2) is 6.95. The van der Waals surface area contributed by atoms with Crippen LogP contribution in [0.3, 0.4) is 0 Å². The molecule has 1 saturated carbocycles. The highest BCUT2D eigenvalue weighted by atomic mass is 16.4. The van der Waals surface area contributed by atoms with E-state index in [1.165, 1.54) is 43.4 Å². The number of carboxylic acid groups (broad SMARTS) is 1. The van der Waals surface area contributed by atoms with Gasteiger partial charge in [-0.3, -0.25) is 9.69 Å². The zero-order valence-electron chi connectivity index (χ0n) is 12.3. The number of β-lactam (4-membered cyclic amide) rings is 1. The number of nitrogens with zero attached hydrogens (tertiary/aromatic N) is 1. The number of unbranched alkanes of at least 4 members (excludes halogenated alkanes) is 1. The molecule has 0 aromatic carbocycles. The van der Waals surface area contributed by atoms with Gasteiger partial charge in [-0.1, -0.05) is 44.9 Å². The first kappa shape index (κ1) is 15.1. The summed E-state index contributed by atoms with van der Waals surface area (Å²) in [5.41, 5.74) is 0. The maximum absolute atomic E-state index is 11.5. The van der Waals surface area contributed by atoms with Gasteiger partial charge in [0.15, 0.2) is 0 Å². The summed E-state index contributed by atoms with van der Waals surface area (Å²) in [6, 6.07) is -0.542. The standard InChI is InChI=1S/C15H26N2O3/c1-11-13(14(18)16-11)17(15(19)20)10-6-5-9-12-7-3-2-4-8-12/h11-13H,2-10H2,1H3,(H,16,18)(H,19,20)/t11-,13-/m0/s1. The molecule has 2 aliphatic rings. The molecule has 2 rings (SSSR count). The molecule has 2 atom stereocenters. The van der Waals surface area contributed by atoms with E-state index in [4.69, 9.17) is 0 Å². The van der Waals surface area contributed by atoms with Crippen molar-refractivity contribution in [2.45, 2.75) is 70.4 Å². The van der Waals surface area contributed by atoms with E-state index in [-0.39, 0.29) is 11.9 Å². The maximum atomic E-state index is 11.5. The maximum Gasteiger partial charge on any atom is 0.408 e. The Hall–Kier alpha value is -1.26. The van der Waals surface area contributed by atoms with Gasteiger partial charge >= 0.3 is 6.09 Å². The highest BCUT2D eigenvalue weighted by Crippen LogP contribution is 2.27. The zero-order valence-corrected chi connectivity index (χ0v) is 12.3. The Morgan fingerprint density at radius 2 is 2.00 bits per heavy atom. The first-order valence-electron chi connectivity index (χ1n) is 7.89. The van der Waals surface area contributed by atoms with Crippen LogP contribution in [-0.4, -0.2) is 40.6 Å². The Morgan fingerprint density at radius 1 is 1.30 bits per heavy atom. The van der Waals surface area contributed by atoms with Crippen LogP contribution in [0.4, 0.5) is 4.79 Å². The average Bonchev–Trinajstić information content (AvgIpc) is 2.43. The number of amides is 2. The number of nitrogens with one attached hydrogen (secondary N) is 1. The fourth-order valence-electron chi connectivity index (χ4n) is 3.48. The second-order valence-corrected chi connectivity index (χ2v) is 6.22. The normalized spacial score (nSPS) is 26.8. The number of carbonyl (C=O) groups is 2. The highest BCUT2D eigenvalue weighted by molar-refractivity contribution is 5.91. The van der Waals surface area contributed by atoms with E-state index >= 15 is 0 Å². The SMILES string of the molecule is C[C@@H]1NC(=O)[C@H]1N(CCCCC1CCCCC1)C(=O)O. The number of hydrogen-bond acceptors (Lipinski definition) is 2. The predicted octanol–water partition coefficient (Wildman–Crippen LogP) is 2.60. The Labute approximate surface area is 120 Å². The second-order valence-electron chi connectivity index (χ2n) is 6.22. The summed E-state index contributed by atoms with van der Waals surface area (Å²) >= 11 is 0. The minimum atomic E-state index is -0.977. The van der Waals surface area contributed by atoms with Crippen LogP contribution >= 0.6 is 0 Å². The Kier molecular flexibility index (Phi) is 5.26. The minimum absolute atomic E-state index is 0.0584. The Bertz CT molecular complexity index is 353. The monoisotopic (exact) mass is 282 g/mol. The van der Waals surface area contributed by atoms with E-state index in [1.807, 2.05) is 6.92 Å². The van der Waals surface area contributed by atoms with Crippen LogP contribution in [0.5, 0.6) is 0 Å². The molecule has 5 heteroatoms. The summed E-state index contributed by atoms with van der Waals surface area (Å²) in [6.07, 6.45) is 8.91. The third-order valence-electron chi connectivity index (χ3n) is 4.68. The van der Waals surface area contributed by atoms with Gasteiger partial charge in [-0.15, -0.1) is 0 Å². The molecule has 114 valence electrons. The molecule has 0 unspecified atom stereocenters. The zero-order chi connectivity index (χ0) is 14.5. The van der Waals surface area contributed by atoms with Crippen molar-refractivity contribution in [1.29, 1.82) is 0 Å². The summed E-state index contributed by atoms with van der Waals surface area (Å²) in [4.78, 5) is 24.0. The average molecular weight is 282 g/mol. The van der Waals surface area contributed by atoms with Crippen molar-refractivity contribution in [2.75, 3.05) is 6.54 Å². The molecule has 2 amide bonds. The summed E-state index contributed by atoms with van der Waals surface area (Å²) in [5.74, 6) is 0.681. The van der Waals surface area contributed by atoms with Crippen molar-refractivity contribution in [2.24, 2.45) is 5.92 Å². The van der Waals surface area contributed by atoms with Gasteiger partial charge < -0.3 is 10.4 Å². The van der Waals surface area contributed by atoms with E-state index in [0.29, 0.717) is 6.54 Å². The van der Waals surface area contributed by atoms with Gasteiger partial charge in [0.2, 0.25) is 5.91 Å². The van der Waals surface area contributed by atoms with Crippen molar-refractivity contribution in [3.05, 3.63) is 0 Å². The lowest BCUT2D eigenvalue weighted by molar-refractivity contribution is -0.135. The molecular formula is C15H26N2O3. The van der Waals surface area contributed by atoms with E-state index in [2.05, 4.69) is 5.32 Å². The van der Waals surface area contributed by atoms with Crippen LogP contribution < -0.4 is 5.32 Å². The number of rotatable bonds is 6. The number of carbonyl (C=O) groups excluding carboxylic acids is 1. The van der Waals surface area contributed by atoms with E-state index in [0.717, 1.165) is 18.8 Å². The fourth-order valence-corrected chi connectivity index (χ4v) is 3.48. The third-order valence-corrected chi connectivity index (χ3v) is 4.68. The summed E-state index contributed by atoms with van der Waals surface area (Å²) < 4.78 is 0. The molecule has 2 N–H and O–H groups in total. The lowest BCUT2D eigenvalue weighted by atomic mass is 9.86. The van der Waals surface area contributed by atoms with Crippen molar-refractivity contribution in [1.82, 2.24) is 10.2 Å². The molecule has 0 aromatic rings. The molecule has 1 saturated heterocycles. The van der Waals surface area contributed by atoms with E-state index < -0.39 is 12.1 Å². The van der Waals surface area contributed by atoms with Crippen molar-refractivity contribution < 1.29 is 14.7 Å². The smallest absolute Gasteiger partial charge is 0.408 e. The number of hydrogen-bond donors (Lipinski definition) is 2. The molecule has 0 bridgehead atoms. The summed E-state index contributed by atoms with van der Waals surface area (Å²) in [6.45, 7) is 2.33. The molecule has 1 heterocycles. The van der Waals surface area contributed by atoms with Crippen LogP contribution in [0.1, 0.15) is 58.3 Å². The topological polar surface area (TPSA) is 69.6 Å². The van der Waals surface area contributed by atoms with Gasteiger partial charge in [0.1, 0.15) is 6.04 Å². The summed E-state index contributed by atoms with van der Waals surface area (Å²) in [5, 5.41) is 11.9. The fraction of sp³-hybridized carbons (Fsp3) is 0.867. The quantitative estimate of drug-likeness (QED) is 0.581. The van der Waals surface area contributed by atoms with Gasteiger partial charge in [0.05, 0.1) is 6.04 Å². The largest absolute Gasteiger partial charge is 0.465 e. The molecule has 0 radical (unpaired) electrons. The van der Waals surface area contributed by atoms with E-state index in [1.54, 1.807) is 0 Å². The minimum Gasteiger partial charge on any atom is -0.465 e. The molecular weight excluding hydrogens is 256 g/mol. The molecule has 0 aromatic heterocycles. The first-order chi connectivity index (χ1) is 9.59. The lowest BCUT2D eigenvalue weighted by Crippen LogP contribution is -2.68. The molecule has 1 aliphatic carbocycles. The molecule has 0 spiro atoms. The highest BCUT2D eigenvalue weighted by Gasteiger charge is 2.42. The van der Waals surface area contributed by atoms with Gasteiger partial charge in [0, 0.05) is 6.54 Å². The lowest BCUT2D eigenvalue weighted by Gasteiger charge is -2.40. The van der Waals surface area contributed by atoms with Gasteiger partial charge in [-0.2, -0.15) is 0 Å². The molecule has 20 heavy (non-hydrogen) atoms. The summed E-state index contributed by atoms with van der Waals surface area (Å²) in [7, 11) is 0. The first-order valence-corrected chi connectivity index (χ1v) is 7.89. The van der Waals surface area contributed by atoms with Crippen LogP contribution in [0.2, 0.25) is 0 Å². The van der Waals surface area contributed by atoms with Gasteiger partial charge in [-0.05, 0) is 19.3 Å². The van der Waals surface area contributed by atoms with Crippen molar-refractivity contribution in [3.8, 4) is 0 Å². The van der Waals surface area contributed by atoms with Crippen LogP contribution in [-0.2, 0) is 4.79 Å². The third kappa shape index (κ3) is 3.64. The Balaban J connectivity index is 1.70. The van der Waals surface area contributed by atoms with Crippen molar-refractivity contribution in [3.63, 3.8) is 0 Å². The van der Waals surface area contributed by atoms with Crippen LogP contribution in [0, 0.1) is 5.92 Å². The van der Waals surface area contributed by atoms with Crippen LogP contribution in [0.15, 0.2) is 0 Å².